The predicted octanol–water partition coefficient (Wildman–Crippen LogP) is 2.00. The Hall–Kier alpha value is -2.49. The van der Waals surface area contributed by atoms with Crippen LogP contribution in [0.5, 0.6) is 0 Å². The molecule has 1 heterocycles. The van der Waals surface area contributed by atoms with Crippen LogP contribution in [0.25, 0.3) is 0 Å². The number of sulfonamides is 1. The molecule has 154 valence electrons. The Morgan fingerprint density at radius 3 is 2.76 bits per heavy atom. The number of amides is 1. The molecule has 2 aromatic rings. The van der Waals surface area contributed by atoms with Gasteiger partial charge in [-0.25, -0.2) is 12.8 Å². The molecule has 3 atom stereocenters. The molecule has 1 amide bonds. The molecule has 1 aliphatic heterocycles. The van der Waals surface area contributed by atoms with Gasteiger partial charge in [0.15, 0.2) is 0 Å². The van der Waals surface area contributed by atoms with Crippen LogP contribution < -0.4 is 20.9 Å². The third-order valence-corrected chi connectivity index (χ3v) is 6.86. The van der Waals surface area contributed by atoms with Crippen molar-refractivity contribution in [3.63, 3.8) is 0 Å². The summed E-state index contributed by atoms with van der Waals surface area (Å²) in [6.45, 7) is 0.881. The lowest BCUT2D eigenvalue weighted by Gasteiger charge is -2.31. The molecule has 0 radical (unpaired) electrons. The van der Waals surface area contributed by atoms with E-state index >= 15 is 0 Å². The van der Waals surface area contributed by atoms with E-state index in [0.29, 0.717) is 12.0 Å². The number of nitrogens with one attached hydrogen (secondary N) is 4. The number of carbonyl (C=O) groups excluding carboxylic acids is 1. The number of rotatable bonds is 5. The maximum atomic E-state index is 13.8. The zero-order valence-electron chi connectivity index (χ0n) is 15.7. The molecule has 2 aliphatic rings. The van der Waals surface area contributed by atoms with E-state index in [4.69, 9.17) is 0 Å². The third kappa shape index (κ3) is 4.42. The molecule has 2 aromatic carbocycles. The number of carbonyl (C=O) groups is 1. The molecule has 4 rings (SSSR count). The molecular weight excluding hydrogens is 395 g/mol. The van der Waals surface area contributed by atoms with E-state index in [1.807, 2.05) is 0 Å². The van der Waals surface area contributed by atoms with Gasteiger partial charge in [0, 0.05) is 24.2 Å². The molecule has 1 saturated heterocycles. The van der Waals surface area contributed by atoms with Crippen LogP contribution in [-0.4, -0.2) is 33.0 Å². The van der Waals surface area contributed by atoms with Crippen LogP contribution in [0, 0.1) is 11.7 Å². The Labute approximate surface area is 169 Å². The van der Waals surface area contributed by atoms with Gasteiger partial charge in [-0.15, -0.1) is 0 Å². The second-order valence-corrected chi connectivity index (χ2v) is 9.17. The Morgan fingerprint density at radius 1 is 1.10 bits per heavy atom. The average Bonchev–Trinajstić information content (AvgIpc) is 3.17. The van der Waals surface area contributed by atoms with Gasteiger partial charge in [0.1, 0.15) is 5.82 Å². The quantitative estimate of drug-likeness (QED) is 0.595. The van der Waals surface area contributed by atoms with E-state index in [0.717, 1.165) is 25.8 Å². The summed E-state index contributed by atoms with van der Waals surface area (Å²) >= 11 is 0. The fourth-order valence-electron chi connectivity index (χ4n) is 3.95. The van der Waals surface area contributed by atoms with Gasteiger partial charge in [0.05, 0.1) is 10.6 Å². The second-order valence-electron chi connectivity index (χ2n) is 7.49. The summed E-state index contributed by atoms with van der Waals surface area (Å²) < 4.78 is 41.3. The highest BCUT2D eigenvalue weighted by atomic mass is 32.2. The van der Waals surface area contributed by atoms with Gasteiger partial charge < -0.3 is 5.32 Å². The molecule has 0 aromatic heterocycles. The van der Waals surface area contributed by atoms with Crippen molar-refractivity contribution in [3.8, 4) is 0 Å². The van der Waals surface area contributed by atoms with E-state index in [9.17, 15) is 17.6 Å². The monoisotopic (exact) mass is 418 g/mol. The minimum atomic E-state index is -4.02. The summed E-state index contributed by atoms with van der Waals surface area (Å²) in [5.41, 5.74) is 6.52. The fourth-order valence-corrected chi connectivity index (χ4v) is 5.07. The maximum Gasteiger partial charge on any atom is 0.262 e. The Morgan fingerprint density at radius 2 is 1.93 bits per heavy atom. The molecule has 1 aliphatic carbocycles. The second kappa shape index (κ2) is 8.10. The summed E-state index contributed by atoms with van der Waals surface area (Å²) in [4.78, 5) is 12.6. The molecule has 29 heavy (non-hydrogen) atoms. The summed E-state index contributed by atoms with van der Waals surface area (Å²) in [7, 11) is -4.02. The summed E-state index contributed by atoms with van der Waals surface area (Å²) in [6.07, 6.45) is 2.72. The lowest BCUT2D eigenvalue weighted by molar-refractivity contribution is 0.0918. The average molecular weight is 418 g/mol. The van der Waals surface area contributed by atoms with Crippen molar-refractivity contribution < 1.29 is 17.6 Å². The normalized spacial score (nSPS) is 24.0. The van der Waals surface area contributed by atoms with Gasteiger partial charge in [-0.3, -0.25) is 20.4 Å². The lowest BCUT2D eigenvalue weighted by atomic mass is 9.83. The van der Waals surface area contributed by atoms with Gasteiger partial charge >= 0.3 is 0 Å². The molecule has 1 saturated carbocycles. The molecule has 9 heteroatoms. The van der Waals surface area contributed by atoms with Crippen molar-refractivity contribution in [1.29, 1.82) is 0 Å². The van der Waals surface area contributed by atoms with Crippen molar-refractivity contribution in [2.45, 2.75) is 36.2 Å². The van der Waals surface area contributed by atoms with Crippen LogP contribution in [0.1, 0.15) is 29.6 Å². The van der Waals surface area contributed by atoms with E-state index in [-0.39, 0.29) is 28.1 Å². The highest BCUT2D eigenvalue weighted by Gasteiger charge is 2.34. The van der Waals surface area contributed by atoms with Gasteiger partial charge in [-0.05, 0) is 55.5 Å². The van der Waals surface area contributed by atoms with E-state index in [1.54, 1.807) is 6.07 Å². The molecule has 2 fully saturated rings. The highest BCUT2D eigenvalue weighted by Crippen LogP contribution is 2.27. The van der Waals surface area contributed by atoms with Crippen molar-refractivity contribution >= 4 is 21.6 Å². The number of para-hydroxylation sites is 1. The van der Waals surface area contributed by atoms with Crippen molar-refractivity contribution in [1.82, 2.24) is 16.2 Å². The van der Waals surface area contributed by atoms with Crippen LogP contribution in [0.2, 0.25) is 0 Å². The summed E-state index contributed by atoms with van der Waals surface area (Å²) in [5, 5.41) is 3.02. The van der Waals surface area contributed by atoms with Crippen molar-refractivity contribution in [2.24, 2.45) is 5.92 Å². The molecule has 3 unspecified atom stereocenters. The first-order chi connectivity index (χ1) is 13.9. The molecule has 4 N–H and O–H groups in total. The topological polar surface area (TPSA) is 99.3 Å². The molecule has 0 spiro atoms. The van der Waals surface area contributed by atoms with E-state index < -0.39 is 15.8 Å². The van der Waals surface area contributed by atoms with E-state index in [1.165, 1.54) is 42.5 Å². The standard InChI is InChI=1S/C20H23FN4O3S/c21-17-6-1-2-7-19(17)25-29(27,28)16-5-3-4-13(11-16)20(26)23-15-8-9-18-14(10-15)12-22-24-18/h1-7,11,14-15,18,22,24-25H,8-10,12H2,(H,23,26). The van der Waals surface area contributed by atoms with Crippen LogP contribution in [0.15, 0.2) is 53.4 Å². The molecule has 0 bridgehead atoms. The Bertz CT molecular complexity index is 1010. The van der Waals surface area contributed by atoms with Gasteiger partial charge in [0.25, 0.3) is 15.9 Å². The first-order valence-corrected chi connectivity index (χ1v) is 11.1. The van der Waals surface area contributed by atoms with Crippen molar-refractivity contribution in [2.75, 3.05) is 11.3 Å². The lowest BCUT2D eigenvalue weighted by Crippen LogP contribution is -2.44. The first-order valence-electron chi connectivity index (χ1n) is 9.59. The van der Waals surface area contributed by atoms with Crippen LogP contribution >= 0.6 is 0 Å². The largest absolute Gasteiger partial charge is 0.349 e. The molecule has 7 nitrogen and oxygen atoms in total. The summed E-state index contributed by atoms with van der Waals surface area (Å²) in [6, 6.07) is 11.8. The maximum absolute atomic E-state index is 13.8. The smallest absolute Gasteiger partial charge is 0.262 e. The zero-order valence-corrected chi connectivity index (χ0v) is 16.5. The molecular formula is C20H23FN4O3S. The van der Waals surface area contributed by atoms with Crippen LogP contribution in [0.4, 0.5) is 10.1 Å². The first kappa shape index (κ1) is 19.8. The van der Waals surface area contributed by atoms with Gasteiger partial charge in [-0.2, -0.15) is 0 Å². The minimum absolute atomic E-state index is 0.0576. The number of halogens is 1. The van der Waals surface area contributed by atoms with Crippen molar-refractivity contribution in [3.05, 3.63) is 59.9 Å². The minimum Gasteiger partial charge on any atom is -0.349 e. The Kier molecular flexibility index (Phi) is 5.53. The predicted molar refractivity (Wildman–Crippen MR) is 107 cm³/mol. The van der Waals surface area contributed by atoms with Gasteiger partial charge in [0.2, 0.25) is 0 Å². The zero-order chi connectivity index (χ0) is 20.4. The number of hydrogen-bond donors (Lipinski definition) is 4. The SMILES string of the molecule is O=C(NC1CCC2NNCC2C1)c1cccc(S(=O)(=O)Nc2ccccc2F)c1. The number of hydrazine groups is 1. The highest BCUT2D eigenvalue weighted by molar-refractivity contribution is 7.92. The Balaban J connectivity index is 1.46. The summed E-state index contributed by atoms with van der Waals surface area (Å²) in [5.74, 6) is -0.502. The van der Waals surface area contributed by atoms with Crippen LogP contribution in [0.3, 0.4) is 0 Å². The number of hydrogen-bond acceptors (Lipinski definition) is 5. The van der Waals surface area contributed by atoms with E-state index in [2.05, 4.69) is 20.9 Å². The number of benzene rings is 2. The number of fused-ring (bicyclic) bond motifs is 1. The van der Waals surface area contributed by atoms with Crippen LogP contribution in [-0.2, 0) is 10.0 Å². The third-order valence-electron chi connectivity index (χ3n) is 5.49. The fraction of sp³-hybridized carbons (Fsp3) is 0.350. The number of anilines is 1. The van der Waals surface area contributed by atoms with Gasteiger partial charge in [-0.1, -0.05) is 18.2 Å².